The normalized spacial score (nSPS) is 11.5. The average Bonchev–Trinajstić information content (AvgIpc) is 2.57. The van der Waals surface area contributed by atoms with Crippen LogP contribution in [-0.2, 0) is 6.18 Å². The summed E-state index contributed by atoms with van der Waals surface area (Å²) in [6.45, 7) is 0. The first kappa shape index (κ1) is 18.4. The van der Waals surface area contributed by atoms with E-state index in [0.29, 0.717) is 16.6 Å². The van der Waals surface area contributed by atoms with Gasteiger partial charge in [0.2, 0.25) is 0 Å². The maximum absolute atomic E-state index is 13.8. The van der Waals surface area contributed by atoms with Crippen LogP contribution in [0.3, 0.4) is 0 Å². The van der Waals surface area contributed by atoms with Gasteiger partial charge in [-0.3, -0.25) is 0 Å². The minimum atomic E-state index is -4.67. The third-order valence-electron chi connectivity index (χ3n) is 3.46. The van der Waals surface area contributed by atoms with Crippen LogP contribution in [0.4, 0.5) is 22.0 Å². The topological polar surface area (TPSA) is 9.23 Å². The number of benzene rings is 3. The first-order valence-corrected chi connectivity index (χ1v) is 8.06. The fourth-order valence-corrected chi connectivity index (χ4v) is 2.67. The highest BCUT2D eigenvalue weighted by molar-refractivity contribution is 9.10. The Hall–Kier alpha value is -2.41. The highest BCUT2D eigenvalue weighted by Gasteiger charge is 2.34. The fourth-order valence-electron chi connectivity index (χ4n) is 2.33. The molecule has 26 heavy (non-hydrogen) atoms. The minimum absolute atomic E-state index is 0.0460. The van der Waals surface area contributed by atoms with Crippen LogP contribution < -0.4 is 4.74 Å². The van der Waals surface area contributed by atoms with Gasteiger partial charge in [0.25, 0.3) is 0 Å². The molecule has 0 heterocycles. The van der Waals surface area contributed by atoms with Crippen LogP contribution in [0, 0.1) is 17.7 Å². The molecule has 0 aliphatic rings. The van der Waals surface area contributed by atoms with Crippen LogP contribution in [0.1, 0.15) is 5.56 Å². The van der Waals surface area contributed by atoms with Gasteiger partial charge in [-0.1, -0.05) is 28.1 Å². The molecule has 0 aromatic heterocycles. The lowest BCUT2D eigenvalue weighted by Crippen LogP contribution is -2.07. The van der Waals surface area contributed by atoms with Crippen LogP contribution in [0.2, 0.25) is 0 Å². The monoisotopic (exact) mass is 427 g/mol. The van der Waals surface area contributed by atoms with Crippen molar-refractivity contribution >= 4 is 15.9 Å². The molecule has 1 radical (unpaired) electrons. The molecule has 3 aromatic rings. The van der Waals surface area contributed by atoms with Gasteiger partial charge < -0.3 is 4.74 Å². The molecule has 0 bridgehead atoms. The molecule has 0 aliphatic carbocycles. The molecule has 0 amide bonds. The summed E-state index contributed by atoms with van der Waals surface area (Å²) in [5.74, 6) is -1.55. The van der Waals surface area contributed by atoms with Gasteiger partial charge in [-0.15, -0.1) is 0 Å². The molecule has 0 atom stereocenters. The Morgan fingerprint density at radius 1 is 0.923 bits per heavy atom. The standard InChI is InChI=1S/C19H9BrF5O/c20-12-4-7-17(22)18(9-12)26-14-3-1-2-11(8-14)15-10-13(21)5-6-16(15)19(23,24)25/h1-9H. The number of hydrogen-bond acceptors (Lipinski definition) is 1. The molecule has 0 unspecified atom stereocenters. The highest BCUT2D eigenvalue weighted by atomic mass is 79.9. The summed E-state index contributed by atoms with van der Waals surface area (Å²) >= 11 is 3.18. The Labute approximate surface area is 154 Å². The van der Waals surface area contributed by atoms with Crippen molar-refractivity contribution in [2.24, 2.45) is 0 Å². The number of alkyl halides is 3. The van der Waals surface area contributed by atoms with Crippen molar-refractivity contribution in [3.63, 3.8) is 0 Å². The Kier molecular flexibility index (Phi) is 5.00. The van der Waals surface area contributed by atoms with E-state index in [1.165, 1.54) is 42.5 Å². The second kappa shape index (κ2) is 7.07. The van der Waals surface area contributed by atoms with E-state index in [2.05, 4.69) is 22.0 Å². The van der Waals surface area contributed by atoms with Crippen LogP contribution in [0.15, 0.2) is 59.1 Å². The van der Waals surface area contributed by atoms with E-state index in [1.54, 1.807) is 0 Å². The smallest absolute Gasteiger partial charge is 0.417 e. The molecular formula is C19H9BrF5O. The lowest BCUT2D eigenvalue weighted by atomic mass is 9.99. The molecule has 0 fully saturated rings. The zero-order valence-electron chi connectivity index (χ0n) is 12.9. The van der Waals surface area contributed by atoms with Crippen molar-refractivity contribution in [1.29, 1.82) is 0 Å². The van der Waals surface area contributed by atoms with Crippen LogP contribution in [0.5, 0.6) is 11.5 Å². The minimum Gasteiger partial charge on any atom is -0.454 e. The van der Waals surface area contributed by atoms with E-state index in [0.717, 1.165) is 0 Å². The summed E-state index contributed by atoms with van der Waals surface area (Å²) in [5.41, 5.74) is -1.42. The third kappa shape index (κ3) is 4.04. The summed E-state index contributed by atoms with van der Waals surface area (Å²) in [6, 6.07) is 13.0. The van der Waals surface area contributed by atoms with E-state index in [-0.39, 0.29) is 17.1 Å². The second-order valence-corrected chi connectivity index (χ2v) is 6.21. The van der Waals surface area contributed by atoms with Gasteiger partial charge in [0.05, 0.1) is 5.56 Å². The van der Waals surface area contributed by atoms with Crippen molar-refractivity contribution in [1.82, 2.24) is 0 Å². The van der Waals surface area contributed by atoms with E-state index in [1.807, 2.05) is 0 Å². The van der Waals surface area contributed by atoms with Gasteiger partial charge in [0.1, 0.15) is 11.6 Å². The summed E-state index contributed by atoms with van der Waals surface area (Å²) in [6.07, 6.45) is -4.67. The van der Waals surface area contributed by atoms with E-state index >= 15 is 0 Å². The number of rotatable bonds is 3. The molecule has 7 heteroatoms. The van der Waals surface area contributed by atoms with E-state index in [9.17, 15) is 22.0 Å². The Bertz CT molecular complexity index is 953. The molecule has 0 aliphatic heterocycles. The maximum Gasteiger partial charge on any atom is 0.417 e. The Morgan fingerprint density at radius 2 is 1.69 bits per heavy atom. The van der Waals surface area contributed by atoms with Gasteiger partial charge in [0, 0.05) is 16.1 Å². The summed E-state index contributed by atoms with van der Waals surface area (Å²) in [5, 5.41) is 0. The SMILES string of the molecule is Fc1[c]c(-c2cccc(Oc3cc(Br)ccc3F)c2)c(C(F)(F)F)cc1. The third-order valence-corrected chi connectivity index (χ3v) is 3.95. The molecular weight excluding hydrogens is 419 g/mol. The fraction of sp³-hybridized carbons (Fsp3) is 0.0526. The second-order valence-electron chi connectivity index (χ2n) is 5.30. The van der Waals surface area contributed by atoms with Crippen molar-refractivity contribution in [3.8, 4) is 22.6 Å². The molecule has 0 spiro atoms. The van der Waals surface area contributed by atoms with Gasteiger partial charge in [-0.25, -0.2) is 8.78 Å². The van der Waals surface area contributed by atoms with Gasteiger partial charge in [-0.05, 0) is 48.0 Å². The summed E-state index contributed by atoms with van der Waals surface area (Å²) in [7, 11) is 0. The summed E-state index contributed by atoms with van der Waals surface area (Å²) < 4.78 is 72.8. The highest BCUT2D eigenvalue weighted by Crippen LogP contribution is 2.38. The zero-order valence-corrected chi connectivity index (χ0v) is 14.5. The largest absolute Gasteiger partial charge is 0.454 e. The van der Waals surface area contributed by atoms with Gasteiger partial charge in [-0.2, -0.15) is 13.2 Å². The zero-order chi connectivity index (χ0) is 18.9. The Balaban J connectivity index is 2.03. The van der Waals surface area contributed by atoms with Crippen molar-refractivity contribution < 1.29 is 26.7 Å². The van der Waals surface area contributed by atoms with Gasteiger partial charge in [0.15, 0.2) is 11.6 Å². The molecule has 3 aromatic carbocycles. The molecule has 3 rings (SSSR count). The van der Waals surface area contributed by atoms with Gasteiger partial charge >= 0.3 is 6.18 Å². The first-order valence-electron chi connectivity index (χ1n) is 7.26. The predicted octanol–water partition coefficient (Wildman–Crippen LogP) is 7.01. The Morgan fingerprint density at radius 3 is 2.42 bits per heavy atom. The number of hydrogen-bond donors (Lipinski definition) is 0. The molecule has 1 nitrogen and oxygen atoms in total. The van der Waals surface area contributed by atoms with Crippen molar-refractivity contribution in [2.45, 2.75) is 6.18 Å². The van der Waals surface area contributed by atoms with Crippen molar-refractivity contribution in [3.05, 3.63) is 82.3 Å². The lowest BCUT2D eigenvalue weighted by molar-refractivity contribution is -0.137. The summed E-state index contributed by atoms with van der Waals surface area (Å²) in [4.78, 5) is 0. The molecule has 0 N–H and O–H groups in total. The van der Waals surface area contributed by atoms with E-state index in [4.69, 9.17) is 4.74 Å². The van der Waals surface area contributed by atoms with E-state index < -0.39 is 28.9 Å². The molecule has 133 valence electrons. The first-order chi connectivity index (χ1) is 12.2. The molecule has 0 saturated carbocycles. The van der Waals surface area contributed by atoms with Crippen LogP contribution >= 0.6 is 15.9 Å². The number of halogens is 6. The lowest BCUT2D eigenvalue weighted by Gasteiger charge is -2.14. The average molecular weight is 428 g/mol. The molecule has 0 saturated heterocycles. The number of ether oxygens (including phenoxy) is 1. The maximum atomic E-state index is 13.8. The predicted molar refractivity (Wildman–Crippen MR) is 89.8 cm³/mol. The quantitative estimate of drug-likeness (QED) is 0.408. The van der Waals surface area contributed by atoms with Crippen LogP contribution in [-0.4, -0.2) is 0 Å². The van der Waals surface area contributed by atoms with Crippen molar-refractivity contribution in [2.75, 3.05) is 0 Å². The van der Waals surface area contributed by atoms with Crippen LogP contribution in [0.25, 0.3) is 11.1 Å².